The third kappa shape index (κ3) is 3.57. The second-order valence-electron chi connectivity index (χ2n) is 5.70. The van der Waals surface area contributed by atoms with E-state index in [0.717, 1.165) is 11.3 Å². The molecule has 1 heterocycles. The molecular weight excluding hydrogens is 318 g/mol. The van der Waals surface area contributed by atoms with Crippen molar-refractivity contribution in [3.05, 3.63) is 53.4 Å². The molecule has 0 aliphatic rings. The molecule has 3 aromatic rings. The molecule has 0 saturated heterocycles. The zero-order chi connectivity index (χ0) is 17.8. The maximum absolute atomic E-state index is 5.39. The van der Waals surface area contributed by atoms with Crippen LogP contribution in [0.4, 0.5) is 5.69 Å². The Morgan fingerprint density at radius 2 is 1.80 bits per heavy atom. The average molecular weight is 339 g/mol. The van der Waals surface area contributed by atoms with E-state index in [0.29, 0.717) is 29.8 Å². The molecule has 0 fully saturated rings. The number of nitrogens with one attached hydrogen (secondary N) is 1. The summed E-state index contributed by atoms with van der Waals surface area (Å²) < 4.78 is 16.0. The average Bonchev–Trinajstić information content (AvgIpc) is 3.09. The number of hydrogen-bond acceptors (Lipinski definition) is 6. The van der Waals surface area contributed by atoms with Crippen LogP contribution in [0.2, 0.25) is 0 Å². The molecule has 2 aromatic carbocycles. The van der Waals surface area contributed by atoms with Crippen LogP contribution in [-0.2, 0) is 6.54 Å². The van der Waals surface area contributed by atoms with Crippen LogP contribution in [-0.4, -0.2) is 24.4 Å². The van der Waals surface area contributed by atoms with Gasteiger partial charge in [0.1, 0.15) is 11.5 Å². The number of hydrogen-bond donors (Lipinski definition) is 1. The van der Waals surface area contributed by atoms with Gasteiger partial charge in [0.2, 0.25) is 11.7 Å². The first-order valence-electron chi connectivity index (χ1n) is 7.97. The van der Waals surface area contributed by atoms with Crippen LogP contribution in [0.3, 0.4) is 0 Å². The number of aromatic nitrogens is 2. The van der Waals surface area contributed by atoms with Gasteiger partial charge in [-0.2, -0.15) is 4.98 Å². The second kappa shape index (κ2) is 7.25. The molecule has 0 unspecified atom stereocenters. The Morgan fingerprint density at radius 3 is 2.48 bits per heavy atom. The van der Waals surface area contributed by atoms with Gasteiger partial charge >= 0.3 is 0 Å². The first-order valence-corrected chi connectivity index (χ1v) is 7.97. The molecule has 0 aliphatic carbocycles. The molecule has 0 bridgehead atoms. The molecule has 0 aliphatic heterocycles. The standard InChI is InChI=1S/C19H21N3O3/c1-12-6-5-7-13(2)18(12)20-11-17-21-19(22-25-17)15-9-8-14(23-3)10-16(15)24-4/h5-10,20H,11H2,1-4H3. The minimum Gasteiger partial charge on any atom is -0.497 e. The minimum atomic E-state index is 0.456. The Morgan fingerprint density at radius 1 is 1.04 bits per heavy atom. The number of nitrogens with zero attached hydrogens (tertiary/aromatic N) is 2. The molecule has 0 saturated carbocycles. The smallest absolute Gasteiger partial charge is 0.246 e. The molecule has 6 nitrogen and oxygen atoms in total. The van der Waals surface area contributed by atoms with Crippen molar-refractivity contribution < 1.29 is 14.0 Å². The number of anilines is 1. The Balaban J connectivity index is 1.79. The van der Waals surface area contributed by atoms with Gasteiger partial charge in [-0.3, -0.25) is 0 Å². The molecule has 0 amide bonds. The molecule has 130 valence electrons. The number of aryl methyl sites for hydroxylation is 2. The summed E-state index contributed by atoms with van der Waals surface area (Å²) in [6, 6.07) is 11.7. The van der Waals surface area contributed by atoms with E-state index in [1.165, 1.54) is 11.1 Å². The maximum atomic E-state index is 5.39. The number of ether oxygens (including phenoxy) is 2. The number of para-hydroxylation sites is 1. The highest BCUT2D eigenvalue weighted by molar-refractivity contribution is 5.65. The van der Waals surface area contributed by atoms with Crippen molar-refractivity contribution >= 4 is 5.69 Å². The van der Waals surface area contributed by atoms with Crippen molar-refractivity contribution in [2.45, 2.75) is 20.4 Å². The van der Waals surface area contributed by atoms with E-state index in [1.54, 1.807) is 20.3 Å². The van der Waals surface area contributed by atoms with Crippen molar-refractivity contribution in [3.63, 3.8) is 0 Å². The quantitative estimate of drug-likeness (QED) is 0.732. The van der Waals surface area contributed by atoms with Gasteiger partial charge in [0.25, 0.3) is 0 Å². The zero-order valence-corrected chi connectivity index (χ0v) is 14.8. The third-order valence-electron chi connectivity index (χ3n) is 4.02. The fourth-order valence-corrected chi connectivity index (χ4v) is 2.68. The number of methoxy groups -OCH3 is 2. The van der Waals surface area contributed by atoms with Crippen molar-refractivity contribution in [1.29, 1.82) is 0 Å². The second-order valence-corrected chi connectivity index (χ2v) is 5.70. The fraction of sp³-hybridized carbons (Fsp3) is 0.263. The van der Waals surface area contributed by atoms with E-state index in [2.05, 4.69) is 41.4 Å². The van der Waals surface area contributed by atoms with Crippen molar-refractivity contribution in [2.75, 3.05) is 19.5 Å². The van der Waals surface area contributed by atoms with Crippen LogP contribution in [0.5, 0.6) is 11.5 Å². The summed E-state index contributed by atoms with van der Waals surface area (Å²) in [4.78, 5) is 4.46. The largest absolute Gasteiger partial charge is 0.497 e. The molecule has 0 atom stereocenters. The number of rotatable bonds is 6. The minimum absolute atomic E-state index is 0.456. The van der Waals surface area contributed by atoms with Gasteiger partial charge < -0.3 is 19.3 Å². The Bertz CT molecular complexity index is 854. The van der Waals surface area contributed by atoms with E-state index >= 15 is 0 Å². The molecule has 6 heteroatoms. The monoisotopic (exact) mass is 339 g/mol. The van der Waals surface area contributed by atoms with Crippen LogP contribution < -0.4 is 14.8 Å². The van der Waals surface area contributed by atoms with Gasteiger partial charge in [0.05, 0.1) is 26.3 Å². The fourth-order valence-electron chi connectivity index (χ4n) is 2.68. The summed E-state index contributed by atoms with van der Waals surface area (Å²) in [5.74, 6) is 2.34. The summed E-state index contributed by atoms with van der Waals surface area (Å²) in [7, 11) is 3.21. The lowest BCUT2D eigenvalue weighted by molar-refractivity contribution is 0.382. The van der Waals surface area contributed by atoms with Gasteiger partial charge in [-0.15, -0.1) is 0 Å². The predicted octanol–water partition coefficient (Wildman–Crippen LogP) is 3.98. The van der Waals surface area contributed by atoms with Crippen LogP contribution in [0, 0.1) is 13.8 Å². The van der Waals surface area contributed by atoms with E-state index in [4.69, 9.17) is 14.0 Å². The summed E-state index contributed by atoms with van der Waals surface area (Å²) in [6.45, 7) is 4.59. The number of benzene rings is 2. The summed E-state index contributed by atoms with van der Waals surface area (Å²) in [5.41, 5.74) is 4.20. The van der Waals surface area contributed by atoms with Gasteiger partial charge in [0.15, 0.2) is 0 Å². The Kier molecular flexibility index (Phi) is 4.88. The highest BCUT2D eigenvalue weighted by Gasteiger charge is 2.14. The van der Waals surface area contributed by atoms with Crippen LogP contribution in [0.1, 0.15) is 17.0 Å². The van der Waals surface area contributed by atoms with E-state index in [9.17, 15) is 0 Å². The summed E-state index contributed by atoms with van der Waals surface area (Å²) in [5, 5.41) is 7.42. The first kappa shape index (κ1) is 16.8. The topological polar surface area (TPSA) is 69.4 Å². The van der Waals surface area contributed by atoms with Crippen molar-refractivity contribution in [1.82, 2.24) is 10.1 Å². The van der Waals surface area contributed by atoms with Crippen molar-refractivity contribution in [2.24, 2.45) is 0 Å². The Hall–Kier alpha value is -3.02. The van der Waals surface area contributed by atoms with Crippen LogP contribution in [0.15, 0.2) is 40.9 Å². The molecular formula is C19H21N3O3. The molecule has 3 rings (SSSR count). The zero-order valence-electron chi connectivity index (χ0n) is 14.8. The molecule has 1 aromatic heterocycles. The lowest BCUT2D eigenvalue weighted by Crippen LogP contribution is -2.03. The van der Waals surface area contributed by atoms with Crippen LogP contribution >= 0.6 is 0 Å². The normalized spacial score (nSPS) is 10.6. The highest BCUT2D eigenvalue weighted by atomic mass is 16.5. The van der Waals surface area contributed by atoms with Gasteiger partial charge in [0, 0.05) is 11.8 Å². The summed E-state index contributed by atoms with van der Waals surface area (Å²) >= 11 is 0. The first-order chi connectivity index (χ1) is 12.1. The summed E-state index contributed by atoms with van der Waals surface area (Å²) in [6.07, 6.45) is 0. The SMILES string of the molecule is COc1ccc(-c2noc(CNc3c(C)cccc3C)n2)c(OC)c1. The van der Waals surface area contributed by atoms with Crippen molar-refractivity contribution in [3.8, 4) is 22.9 Å². The highest BCUT2D eigenvalue weighted by Crippen LogP contribution is 2.31. The van der Waals surface area contributed by atoms with E-state index < -0.39 is 0 Å². The molecule has 25 heavy (non-hydrogen) atoms. The maximum Gasteiger partial charge on any atom is 0.246 e. The molecule has 0 radical (unpaired) electrons. The van der Waals surface area contributed by atoms with E-state index in [1.807, 2.05) is 18.2 Å². The molecule has 0 spiro atoms. The Labute approximate surface area is 146 Å². The van der Waals surface area contributed by atoms with Gasteiger partial charge in [-0.05, 0) is 37.1 Å². The lowest BCUT2D eigenvalue weighted by atomic mass is 10.1. The van der Waals surface area contributed by atoms with Gasteiger partial charge in [-0.1, -0.05) is 23.4 Å². The van der Waals surface area contributed by atoms with Gasteiger partial charge in [-0.25, -0.2) is 0 Å². The third-order valence-corrected chi connectivity index (χ3v) is 4.02. The lowest BCUT2D eigenvalue weighted by Gasteiger charge is -2.10. The predicted molar refractivity (Wildman–Crippen MR) is 96.1 cm³/mol. The van der Waals surface area contributed by atoms with E-state index in [-0.39, 0.29) is 0 Å². The molecule has 1 N–H and O–H groups in total. The van der Waals surface area contributed by atoms with Crippen LogP contribution in [0.25, 0.3) is 11.4 Å².